The van der Waals surface area contributed by atoms with Crippen molar-refractivity contribution in [3.8, 4) is 6.07 Å². The average molecular weight is 342 g/mol. The first-order valence-corrected chi connectivity index (χ1v) is 8.49. The van der Waals surface area contributed by atoms with Gasteiger partial charge in [-0.1, -0.05) is 35.9 Å². The van der Waals surface area contributed by atoms with Crippen molar-refractivity contribution in [2.75, 3.05) is 18.0 Å². The Labute approximate surface area is 147 Å². The van der Waals surface area contributed by atoms with Gasteiger partial charge in [0.05, 0.1) is 6.20 Å². The lowest BCUT2D eigenvalue weighted by Crippen LogP contribution is -2.34. The summed E-state index contributed by atoms with van der Waals surface area (Å²) in [7, 11) is 0. The van der Waals surface area contributed by atoms with Crippen molar-refractivity contribution in [2.24, 2.45) is 5.73 Å². The van der Waals surface area contributed by atoms with Crippen LogP contribution in [0, 0.1) is 11.3 Å². The first kappa shape index (κ1) is 16.7. The Bertz CT molecular complexity index is 743. The summed E-state index contributed by atoms with van der Waals surface area (Å²) in [4.78, 5) is 10.6. The van der Waals surface area contributed by atoms with Crippen LogP contribution in [0.15, 0.2) is 30.5 Å². The average Bonchev–Trinajstić information content (AvgIpc) is 2.62. The molecular weight excluding hydrogens is 322 g/mol. The molecule has 0 amide bonds. The molecule has 5 nitrogen and oxygen atoms in total. The number of nitrogens with two attached hydrogens (primary N) is 1. The maximum absolute atomic E-state index is 8.90. The lowest BCUT2D eigenvalue weighted by Gasteiger charge is -2.32. The number of benzene rings is 1. The highest BCUT2D eigenvalue weighted by Crippen LogP contribution is 2.30. The zero-order valence-corrected chi connectivity index (χ0v) is 14.4. The molecule has 0 spiro atoms. The highest BCUT2D eigenvalue weighted by molar-refractivity contribution is 6.30. The lowest BCUT2D eigenvalue weighted by molar-refractivity contribution is 0.499. The largest absolute Gasteiger partial charge is 0.341 e. The molecule has 0 bridgehead atoms. The summed E-state index contributed by atoms with van der Waals surface area (Å²) in [5.41, 5.74) is 8.74. The van der Waals surface area contributed by atoms with Crippen LogP contribution in [0.1, 0.15) is 48.4 Å². The standard InChI is InChI=1S/C18H20ClN5/c1-12(21)13-2-4-14(5-3-13)15-6-8-24(9-7-15)18-22-11-16(10-20)17(19)23-18/h2-5,11-12,15H,6-9,21H2,1H3. The molecule has 1 saturated heterocycles. The van der Waals surface area contributed by atoms with Crippen molar-refractivity contribution in [3.05, 3.63) is 52.3 Å². The van der Waals surface area contributed by atoms with Gasteiger partial charge in [-0.3, -0.25) is 0 Å². The van der Waals surface area contributed by atoms with Gasteiger partial charge in [-0.05, 0) is 36.8 Å². The fourth-order valence-electron chi connectivity index (χ4n) is 3.06. The smallest absolute Gasteiger partial charge is 0.226 e. The van der Waals surface area contributed by atoms with E-state index in [4.69, 9.17) is 22.6 Å². The number of halogens is 1. The number of hydrogen-bond acceptors (Lipinski definition) is 5. The Balaban J connectivity index is 1.65. The van der Waals surface area contributed by atoms with Gasteiger partial charge in [-0.2, -0.15) is 10.2 Å². The fraction of sp³-hybridized carbons (Fsp3) is 0.389. The third-order valence-corrected chi connectivity index (χ3v) is 4.85. The van der Waals surface area contributed by atoms with Crippen LogP contribution in [0.2, 0.25) is 5.15 Å². The van der Waals surface area contributed by atoms with Crippen LogP contribution in [-0.4, -0.2) is 23.1 Å². The molecule has 124 valence electrons. The van der Waals surface area contributed by atoms with E-state index in [1.54, 1.807) is 0 Å². The fourth-order valence-corrected chi connectivity index (χ4v) is 3.23. The van der Waals surface area contributed by atoms with E-state index in [9.17, 15) is 0 Å². The molecule has 2 N–H and O–H groups in total. The van der Waals surface area contributed by atoms with Crippen LogP contribution in [0.4, 0.5) is 5.95 Å². The van der Waals surface area contributed by atoms with Crippen molar-refractivity contribution in [3.63, 3.8) is 0 Å². The number of hydrogen-bond donors (Lipinski definition) is 1. The minimum Gasteiger partial charge on any atom is -0.341 e. The normalized spacial score (nSPS) is 16.7. The Morgan fingerprint density at radius 2 is 1.96 bits per heavy atom. The molecule has 1 atom stereocenters. The molecule has 0 radical (unpaired) electrons. The van der Waals surface area contributed by atoms with Crippen LogP contribution in [0.25, 0.3) is 0 Å². The first-order chi connectivity index (χ1) is 11.6. The highest BCUT2D eigenvalue weighted by Gasteiger charge is 2.22. The third kappa shape index (κ3) is 3.50. The summed E-state index contributed by atoms with van der Waals surface area (Å²) in [6.07, 6.45) is 3.57. The second-order valence-electron chi connectivity index (χ2n) is 6.20. The second kappa shape index (κ2) is 7.16. The highest BCUT2D eigenvalue weighted by atomic mass is 35.5. The lowest BCUT2D eigenvalue weighted by atomic mass is 9.88. The molecule has 1 fully saturated rings. The predicted molar refractivity (Wildman–Crippen MR) is 95.0 cm³/mol. The van der Waals surface area contributed by atoms with Gasteiger partial charge in [0.15, 0.2) is 5.15 Å². The van der Waals surface area contributed by atoms with Gasteiger partial charge in [0, 0.05) is 19.1 Å². The number of anilines is 1. The topological polar surface area (TPSA) is 78.8 Å². The molecule has 3 rings (SSSR count). The van der Waals surface area contributed by atoms with E-state index in [1.807, 2.05) is 13.0 Å². The summed E-state index contributed by atoms with van der Waals surface area (Å²) < 4.78 is 0. The Morgan fingerprint density at radius 1 is 1.29 bits per heavy atom. The van der Waals surface area contributed by atoms with Gasteiger partial charge in [0.25, 0.3) is 0 Å². The monoisotopic (exact) mass is 341 g/mol. The van der Waals surface area contributed by atoms with Crippen molar-refractivity contribution < 1.29 is 0 Å². The molecule has 2 heterocycles. The van der Waals surface area contributed by atoms with Crippen molar-refractivity contribution in [1.82, 2.24) is 9.97 Å². The van der Waals surface area contributed by atoms with Gasteiger partial charge >= 0.3 is 0 Å². The Hall–Kier alpha value is -2.16. The van der Waals surface area contributed by atoms with Gasteiger partial charge in [0.1, 0.15) is 11.6 Å². The molecule has 2 aromatic rings. The van der Waals surface area contributed by atoms with E-state index in [-0.39, 0.29) is 11.2 Å². The molecule has 1 aromatic carbocycles. The Kier molecular flexibility index (Phi) is 4.98. The summed E-state index contributed by atoms with van der Waals surface area (Å²) in [5, 5.41) is 9.12. The maximum atomic E-state index is 8.90. The number of aromatic nitrogens is 2. The van der Waals surface area contributed by atoms with Crippen LogP contribution < -0.4 is 10.6 Å². The number of nitrogens with zero attached hydrogens (tertiary/aromatic N) is 4. The summed E-state index contributed by atoms with van der Waals surface area (Å²) in [5.74, 6) is 1.14. The number of piperidine rings is 1. The molecule has 1 aromatic heterocycles. The maximum Gasteiger partial charge on any atom is 0.226 e. The van der Waals surface area contributed by atoms with Crippen LogP contribution in [0.5, 0.6) is 0 Å². The van der Waals surface area contributed by atoms with Gasteiger partial charge in [-0.25, -0.2) is 4.98 Å². The molecule has 6 heteroatoms. The minimum atomic E-state index is 0.0687. The molecule has 0 saturated carbocycles. The van der Waals surface area contributed by atoms with Gasteiger partial charge in [-0.15, -0.1) is 0 Å². The van der Waals surface area contributed by atoms with Gasteiger partial charge in [0.2, 0.25) is 5.95 Å². The second-order valence-corrected chi connectivity index (χ2v) is 6.56. The van der Waals surface area contributed by atoms with Crippen molar-refractivity contribution in [1.29, 1.82) is 5.26 Å². The number of nitriles is 1. The molecule has 0 aliphatic carbocycles. The molecule has 1 aliphatic rings. The third-order valence-electron chi connectivity index (χ3n) is 4.56. The minimum absolute atomic E-state index is 0.0687. The Morgan fingerprint density at radius 3 is 2.50 bits per heavy atom. The van der Waals surface area contributed by atoms with Crippen molar-refractivity contribution in [2.45, 2.75) is 31.7 Å². The van der Waals surface area contributed by atoms with Crippen LogP contribution >= 0.6 is 11.6 Å². The first-order valence-electron chi connectivity index (χ1n) is 8.11. The predicted octanol–water partition coefficient (Wildman–Crippen LogP) is 3.41. The van der Waals surface area contributed by atoms with E-state index >= 15 is 0 Å². The zero-order chi connectivity index (χ0) is 17.1. The number of rotatable bonds is 3. The molecule has 1 aliphatic heterocycles. The summed E-state index contributed by atoms with van der Waals surface area (Å²) in [6.45, 7) is 3.75. The van der Waals surface area contributed by atoms with Gasteiger partial charge < -0.3 is 10.6 Å². The zero-order valence-electron chi connectivity index (χ0n) is 13.6. The van der Waals surface area contributed by atoms with Crippen LogP contribution in [0.3, 0.4) is 0 Å². The van der Waals surface area contributed by atoms with E-state index in [0.29, 0.717) is 17.4 Å². The van der Waals surface area contributed by atoms with E-state index in [2.05, 4.69) is 39.1 Å². The van der Waals surface area contributed by atoms with Crippen molar-refractivity contribution >= 4 is 17.5 Å². The molecule has 24 heavy (non-hydrogen) atoms. The molecule has 1 unspecified atom stereocenters. The van der Waals surface area contributed by atoms with E-state index in [1.165, 1.54) is 11.8 Å². The van der Waals surface area contributed by atoms with E-state index in [0.717, 1.165) is 31.5 Å². The van der Waals surface area contributed by atoms with E-state index < -0.39 is 0 Å². The quantitative estimate of drug-likeness (QED) is 0.865. The summed E-state index contributed by atoms with van der Waals surface area (Å²) in [6, 6.07) is 10.7. The van der Waals surface area contributed by atoms with Crippen LogP contribution in [-0.2, 0) is 0 Å². The SMILES string of the molecule is CC(N)c1ccc(C2CCN(c3ncc(C#N)c(Cl)n3)CC2)cc1. The molecular formula is C18H20ClN5. The summed E-state index contributed by atoms with van der Waals surface area (Å²) >= 11 is 6.00.